The molecule has 0 aromatic heterocycles. The highest BCUT2D eigenvalue weighted by Crippen LogP contribution is 2.29. The molecule has 0 saturated heterocycles. The van der Waals surface area contributed by atoms with E-state index in [2.05, 4.69) is 12.2 Å². The lowest BCUT2D eigenvalue weighted by Gasteiger charge is -2.11. The van der Waals surface area contributed by atoms with Crippen LogP contribution in [0.15, 0.2) is 24.3 Å². The van der Waals surface area contributed by atoms with E-state index in [1.54, 1.807) is 12.1 Å². The quantitative estimate of drug-likeness (QED) is 0.843. The van der Waals surface area contributed by atoms with Gasteiger partial charge in [0.05, 0.1) is 0 Å². The average Bonchev–Trinajstić information content (AvgIpc) is 2.73. The molecule has 1 aromatic carbocycles. The summed E-state index contributed by atoms with van der Waals surface area (Å²) in [7, 11) is 0. The Morgan fingerprint density at radius 1 is 1.35 bits per heavy atom. The van der Waals surface area contributed by atoms with Crippen LogP contribution in [0.3, 0.4) is 0 Å². The van der Waals surface area contributed by atoms with Crippen LogP contribution in [0.25, 0.3) is 0 Å². The molecule has 3 heteroatoms. The van der Waals surface area contributed by atoms with Crippen molar-refractivity contribution in [3.05, 3.63) is 29.8 Å². The van der Waals surface area contributed by atoms with E-state index in [1.807, 2.05) is 0 Å². The predicted molar refractivity (Wildman–Crippen MR) is 66.9 cm³/mol. The minimum atomic E-state index is -0.0513. The van der Waals surface area contributed by atoms with Crippen LogP contribution >= 0.6 is 0 Å². The summed E-state index contributed by atoms with van der Waals surface area (Å²) in [5, 5.41) is 12.1. The number of rotatable bonds is 3. The van der Waals surface area contributed by atoms with Crippen molar-refractivity contribution in [3.8, 4) is 5.75 Å². The lowest BCUT2D eigenvalue weighted by Crippen LogP contribution is -2.28. The zero-order valence-electron chi connectivity index (χ0n) is 10.1. The fraction of sp³-hybridized carbons (Fsp3) is 0.500. The van der Waals surface area contributed by atoms with Crippen LogP contribution < -0.4 is 5.32 Å². The van der Waals surface area contributed by atoms with Gasteiger partial charge in [0.1, 0.15) is 5.75 Å². The summed E-state index contributed by atoms with van der Waals surface area (Å²) in [6.45, 7) is 3.03. The molecule has 0 radical (unpaired) electrons. The number of phenolic OH excluding ortho intramolecular Hbond substituents is 1. The summed E-state index contributed by atoms with van der Waals surface area (Å²) in [6, 6.07) is 6.35. The van der Waals surface area contributed by atoms with Crippen LogP contribution in [0.2, 0.25) is 0 Å². The van der Waals surface area contributed by atoms with Crippen molar-refractivity contribution < 1.29 is 9.90 Å². The fourth-order valence-electron chi connectivity index (χ4n) is 2.46. The van der Waals surface area contributed by atoms with Crippen molar-refractivity contribution in [1.82, 2.24) is 5.32 Å². The number of amides is 1. The lowest BCUT2D eigenvalue weighted by atomic mass is 10.1. The second-order valence-corrected chi connectivity index (χ2v) is 5.04. The van der Waals surface area contributed by atoms with Gasteiger partial charge in [0.25, 0.3) is 5.91 Å². The highest BCUT2D eigenvalue weighted by Gasteiger charge is 2.21. The number of carbonyl (C=O) groups is 1. The van der Waals surface area contributed by atoms with Crippen LogP contribution in [-0.4, -0.2) is 17.6 Å². The summed E-state index contributed by atoms with van der Waals surface area (Å²) in [5.74, 6) is 1.56. The van der Waals surface area contributed by atoms with Gasteiger partial charge in [-0.1, -0.05) is 13.3 Å². The van der Waals surface area contributed by atoms with Gasteiger partial charge in [0, 0.05) is 12.1 Å². The number of aromatic hydroxyl groups is 1. The van der Waals surface area contributed by atoms with E-state index >= 15 is 0 Å². The second kappa shape index (κ2) is 5.21. The van der Waals surface area contributed by atoms with E-state index < -0.39 is 0 Å². The lowest BCUT2D eigenvalue weighted by molar-refractivity contribution is 0.0947. The molecule has 1 saturated carbocycles. The van der Waals surface area contributed by atoms with E-state index in [-0.39, 0.29) is 11.7 Å². The molecule has 0 spiro atoms. The SMILES string of the molecule is CC1CCC(CNC(=O)c2ccc(O)cc2)C1. The maximum atomic E-state index is 11.8. The Bertz CT molecular complexity index is 386. The van der Waals surface area contributed by atoms with Crippen molar-refractivity contribution in [1.29, 1.82) is 0 Å². The molecule has 2 N–H and O–H groups in total. The summed E-state index contributed by atoms with van der Waals surface area (Å²) >= 11 is 0. The third-order valence-electron chi connectivity index (χ3n) is 3.48. The maximum Gasteiger partial charge on any atom is 0.251 e. The third kappa shape index (κ3) is 3.22. The predicted octanol–water partition coefficient (Wildman–Crippen LogP) is 2.56. The Morgan fingerprint density at radius 2 is 2.06 bits per heavy atom. The minimum absolute atomic E-state index is 0.0513. The van der Waals surface area contributed by atoms with Gasteiger partial charge in [-0.3, -0.25) is 4.79 Å². The van der Waals surface area contributed by atoms with E-state index in [1.165, 1.54) is 31.4 Å². The number of hydrogen-bond donors (Lipinski definition) is 2. The number of nitrogens with one attached hydrogen (secondary N) is 1. The summed E-state index contributed by atoms with van der Waals surface area (Å²) in [5.41, 5.74) is 0.605. The second-order valence-electron chi connectivity index (χ2n) is 5.04. The molecule has 3 nitrogen and oxygen atoms in total. The normalized spacial score (nSPS) is 23.6. The summed E-state index contributed by atoms with van der Waals surface area (Å²) < 4.78 is 0. The Balaban J connectivity index is 1.83. The van der Waals surface area contributed by atoms with Gasteiger partial charge >= 0.3 is 0 Å². The van der Waals surface area contributed by atoms with Gasteiger partial charge in [-0.2, -0.15) is 0 Å². The van der Waals surface area contributed by atoms with Crippen molar-refractivity contribution in [2.75, 3.05) is 6.54 Å². The molecule has 1 fully saturated rings. The Hall–Kier alpha value is -1.51. The standard InChI is InChI=1S/C14H19NO2/c1-10-2-3-11(8-10)9-15-14(17)12-4-6-13(16)7-5-12/h4-7,10-11,16H,2-3,8-9H2,1H3,(H,15,17). The van der Waals surface area contributed by atoms with Crippen molar-refractivity contribution in [2.45, 2.75) is 26.2 Å². The molecule has 2 rings (SSSR count). The van der Waals surface area contributed by atoms with Crippen molar-refractivity contribution >= 4 is 5.91 Å². The smallest absolute Gasteiger partial charge is 0.251 e. The van der Waals surface area contributed by atoms with Gasteiger partial charge in [0.15, 0.2) is 0 Å². The molecule has 0 bridgehead atoms. The minimum Gasteiger partial charge on any atom is -0.508 e. The molecule has 1 aliphatic rings. The van der Waals surface area contributed by atoms with Crippen LogP contribution in [0.1, 0.15) is 36.5 Å². The van der Waals surface area contributed by atoms with Gasteiger partial charge < -0.3 is 10.4 Å². The molecule has 1 amide bonds. The molecule has 1 aliphatic carbocycles. The molecule has 0 aliphatic heterocycles. The van der Waals surface area contributed by atoms with Gasteiger partial charge in [-0.05, 0) is 48.9 Å². The Morgan fingerprint density at radius 3 is 2.65 bits per heavy atom. The van der Waals surface area contributed by atoms with Crippen LogP contribution in [0.5, 0.6) is 5.75 Å². The van der Waals surface area contributed by atoms with Gasteiger partial charge in [-0.15, -0.1) is 0 Å². The number of benzene rings is 1. The summed E-state index contributed by atoms with van der Waals surface area (Å²) in [6.07, 6.45) is 3.71. The van der Waals surface area contributed by atoms with E-state index in [9.17, 15) is 4.79 Å². The molecule has 2 unspecified atom stereocenters. The first-order valence-electron chi connectivity index (χ1n) is 6.22. The van der Waals surface area contributed by atoms with Gasteiger partial charge in [-0.25, -0.2) is 0 Å². The maximum absolute atomic E-state index is 11.8. The first-order valence-corrected chi connectivity index (χ1v) is 6.22. The molecular weight excluding hydrogens is 214 g/mol. The molecule has 2 atom stereocenters. The Labute approximate surface area is 102 Å². The number of hydrogen-bond acceptors (Lipinski definition) is 2. The molecule has 17 heavy (non-hydrogen) atoms. The number of carbonyl (C=O) groups excluding carboxylic acids is 1. The largest absolute Gasteiger partial charge is 0.508 e. The average molecular weight is 233 g/mol. The topological polar surface area (TPSA) is 49.3 Å². The van der Waals surface area contributed by atoms with Crippen LogP contribution in [0.4, 0.5) is 0 Å². The Kier molecular flexibility index (Phi) is 3.67. The van der Waals surface area contributed by atoms with Gasteiger partial charge in [0.2, 0.25) is 0 Å². The summed E-state index contributed by atoms with van der Waals surface area (Å²) in [4.78, 5) is 11.8. The third-order valence-corrected chi connectivity index (χ3v) is 3.48. The zero-order valence-corrected chi connectivity index (χ0v) is 10.1. The first-order chi connectivity index (χ1) is 8.15. The number of phenols is 1. The fourth-order valence-corrected chi connectivity index (χ4v) is 2.46. The van der Waals surface area contributed by atoms with Crippen LogP contribution in [-0.2, 0) is 0 Å². The molecular formula is C14H19NO2. The van der Waals surface area contributed by atoms with E-state index in [4.69, 9.17) is 5.11 Å². The molecule has 92 valence electrons. The van der Waals surface area contributed by atoms with E-state index in [0.29, 0.717) is 11.5 Å². The zero-order chi connectivity index (χ0) is 12.3. The first kappa shape index (κ1) is 12.0. The molecule has 0 heterocycles. The highest BCUT2D eigenvalue weighted by atomic mass is 16.3. The van der Waals surface area contributed by atoms with Crippen molar-refractivity contribution in [2.24, 2.45) is 11.8 Å². The van der Waals surface area contributed by atoms with Crippen LogP contribution in [0, 0.1) is 11.8 Å². The highest BCUT2D eigenvalue weighted by molar-refractivity contribution is 5.94. The monoisotopic (exact) mass is 233 g/mol. The molecule has 1 aromatic rings. The van der Waals surface area contributed by atoms with E-state index in [0.717, 1.165) is 12.5 Å². The van der Waals surface area contributed by atoms with Crippen molar-refractivity contribution in [3.63, 3.8) is 0 Å².